The molecule has 4 nitrogen and oxygen atoms in total. The Morgan fingerprint density at radius 1 is 1.28 bits per heavy atom. The molecule has 2 heterocycles. The van der Waals surface area contributed by atoms with Gasteiger partial charge in [-0.25, -0.2) is 15.0 Å². The van der Waals surface area contributed by atoms with E-state index in [-0.39, 0.29) is 0 Å². The van der Waals surface area contributed by atoms with Crippen LogP contribution in [0, 0.1) is 0 Å². The summed E-state index contributed by atoms with van der Waals surface area (Å²) in [4.78, 5) is 17.7. The molecule has 0 unspecified atom stereocenters. The lowest BCUT2D eigenvalue weighted by atomic mass is 9.97. The van der Waals surface area contributed by atoms with E-state index < -0.39 is 0 Å². The van der Waals surface area contributed by atoms with E-state index in [1.807, 2.05) is 30.3 Å². The second-order valence-electron chi connectivity index (χ2n) is 4.80. The van der Waals surface area contributed by atoms with Crippen LogP contribution < -0.4 is 0 Å². The van der Waals surface area contributed by atoms with Crippen LogP contribution >= 0.6 is 11.3 Å². The maximum atomic E-state index is 4.47. The SMILES string of the molecule is CN(C)/C=N/c1ncnc2sc3c(c12)CCCC3. The Balaban J connectivity index is 2.16. The van der Waals surface area contributed by atoms with Crippen molar-refractivity contribution in [2.24, 2.45) is 4.99 Å². The number of thiophene rings is 1. The van der Waals surface area contributed by atoms with Crippen molar-refractivity contribution in [2.75, 3.05) is 14.1 Å². The van der Waals surface area contributed by atoms with Crippen LogP contribution in [-0.4, -0.2) is 35.3 Å². The molecule has 2 aromatic heterocycles. The van der Waals surface area contributed by atoms with Gasteiger partial charge < -0.3 is 4.90 Å². The van der Waals surface area contributed by atoms with Gasteiger partial charge in [-0.05, 0) is 31.2 Å². The summed E-state index contributed by atoms with van der Waals surface area (Å²) < 4.78 is 0. The lowest BCUT2D eigenvalue weighted by Crippen LogP contribution is -2.07. The number of aromatic nitrogens is 2. The molecular weight excluding hydrogens is 244 g/mol. The number of fused-ring (bicyclic) bond motifs is 3. The van der Waals surface area contributed by atoms with Gasteiger partial charge in [-0.3, -0.25) is 0 Å². The van der Waals surface area contributed by atoms with E-state index in [9.17, 15) is 0 Å². The molecule has 0 saturated heterocycles. The maximum absolute atomic E-state index is 4.47. The molecule has 18 heavy (non-hydrogen) atoms. The van der Waals surface area contributed by atoms with Crippen LogP contribution in [0.25, 0.3) is 10.2 Å². The predicted octanol–water partition coefficient (Wildman–Crippen LogP) is 2.79. The van der Waals surface area contributed by atoms with E-state index in [2.05, 4.69) is 15.0 Å². The van der Waals surface area contributed by atoms with E-state index in [0.717, 1.165) is 17.1 Å². The molecule has 94 valence electrons. The third-order valence-corrected chi connectivity index (χ3v) is 4.34. The van der Waals surface area contributed by atoms with Gasteiger partial charge in [-0.2, -0.15) is 0 Å². The number of hydrogen-bond donors (Lipinski definition) is 0. The summed E-state index contributed by atoms with van der Waals surface area (Å²) in [6.45, 7) is 0. The van der Waals surface area contributed by atoms with Crippen LogP contribution in [0.2, 0.25) is 0 Å². The predicted molar refractivity (Wildman–Crippen MR) is 75.9 cm³/mol. The number of nitrogens with zero attached hydrogens (tertiary/aromatic N) is 4. The van der Waals surface area contributed by atoms with Crippen molar-refractivity contribution in [3.8, 4) is 0 Å². The molecule has 2 aromatic rings. The summed E-state index contributed by atoms with van der Waals surface area (Å²) in [6, 6.07) is 0. The molecule has 0 aliphatic heterocycles. The molecule has 5 heteroatoms. The summed E-state index contributed by atoms with van der Waals surface area (Å²) in [5, 5.41) is 1.18. The molecule has 0 aromatic carbocycles. The first kappa shape index (κ1) is 11.6. The van der Waals surface area contributed by atoms with E-state index in [0.29, 0.717) is 0 Å². The minimum atomic E-state index is 0.813. The van der Waals surface area contributed by atoms with Crippen molar-refractivity contribution in [3.63, 3.8) is 0 Å². The fourth-order valence-electron chi connectivity index (χ4n) is 2.34. The van der Waals surface area contributed by atoms with Crippen LogP contribution in [0.5, 0.6) is 0 Å². The summed E-state index contributed by atoms with van der Waals surface area (Å²) in [5.74, 6) is 0.813. The van der Waals surface area contributed by atoms with Gasteiger partial charge >= 0.3 is 0 Å². The van der Waals surface area contributed by atoms with Gasteiger partial charge in [0.15, 0.2) is 5.82 Å². The van der Waals surface area contributed by atoms with Crippen LogP contribution in [-0.2, 0) is 12.8 Å². The topological polar surface area (TPSA) is 41.4 Å². The highest BCUT2D eigenvalue weighted by molar-refractivity contribution is 7.18. The Hall–Kier alpha value is -1.49. The first-order valence-corrected chi connectivity index (χ1v) is 7.03. The fraction of sp³-hybridized carbons (Fsp3) is 0.462. The Kier molecular flexibility index (Phi) is 2.99. The number of aliphatic imine (C=N–C) groups is 1. The van der Waals surface area contributed by atoms with E-state index in [1.165, 1.54) is 35.1 Å². The lowest BCUT2D eigenvalue weighted by molar-refractivity contribution is 0.643. The second kappa shape index (κ2) is 4.65. The minimum Gasteiger partial charge on any atom is -0.369 e. The highest BCUT2D eigenvalue weighted by Gasteiger charge is 2.19. The normalized spacial score (nSPS) is 15.2. The van der Waals surface area contributed by atoms with Crippen LogP contribution in [0.15, 0.2) is 11.3 Å². The summed E-state index contributed by atoms with van der Waals surface area (Å²) in [5.41, 5.74) is 1.44. The van der Waals surface area contributed by atoms with E-state index in [4.69, 9.17) is 0 Å². The molecule has 3 rings (SSSR count). The number of rotatable bonds is 2. The molecular formula is C13H16N4S. The fourth-order valence-corrected chi connectivity index (χ4v) is 3.57. The maximum Gasteiger partial charge on any atom is 0.165 e. The molecule has 0 saturated carbocycles. The Labute approximate surface area is 110 Å². The Bertz CT molecular complexity index is 600. The third-order valence-electron chi connectivity index (χ3n) is 3.14. The zero-order valence-electron chi connectivity index (χ0n) is 10.7. The van der Waals surface area contributed by atoms with Crippen molar-refractivity contribution < 1.29 is 0 Å². The molecule has 0 fully saturated rings. The standard InChI is InChI=1S/C13H16N4S/c1-17(2)8-16-12-11-9-5-3-4-6-10(9)18-13(11)15-7-14-12/h7-8H,3-6H2,1-2H3/b16-8+. The largest absolute Gasteiger partial charge is 0.369 e. The highest BCUT2D eigenvalue weighted by Crippen LogP contribution is 2.38. The van der Waals surface area contributed by atoms with E-state index >= 15 is 0 Å². The molecule has 0 atom stereocenters. The van der Waals surface area contributed by atoms with Crippen LogP contribution in [0.1, 0.15) is 23.3 Å². The van der Waals surface area contributed by atoms with Crippen molar-refractivity contribution in [3.05, 3.63) is 16.8 Å². The minimum absolute atomic E-state index is 0.813. The molecule has 0 spiro atoms. The number of hydrogen-bond acceptors (Lipinski definition) is 4. The molecule has 1 aliphatic rings. The second-order valence-corrected chi connectivity index (χ2v) is 5.88. The Morgan fingerprint density at radius 3 is 2.94 bits per heavy atom. The average Bonchev–Trinajstić information content (AvgIpc) is 2.75. The zero-order chi connectivity index (χ0) is 12.5. The number of aryl methyl sites for hydroxylation is 2. The molecule has 1 aliphatic carbocycles. The zero-order valence-corrected chi connectivity index (χ0v) is 11.5. The van der Waals surface area contributed by atoms with Crippen molar-refractivity contribution in [1.82, 2.24) is 14.9 Å². The van der Waals surface area contributed by atoms with E-state index in [1.54, 1.807) is 12.7 Å². The van der Waals surface area contributed by atoms with Gasteiger partial charge in [-0.15, -0.1) is 11.3 Å². The van der Waals surface area contributed by atoms with Gasteiger partial charge in [0.05, 0.1) is 11.7 Å². The third kappa shape index (κ3) is 1.99. The van der Waals surface area contributed by atoms with Crippen molar-refractivity contribution >= 4 is 33.7 Å². The average molecular weight is 260 g/mol. The van der Waals surface area contributed by atoms with Crippen molar-refractivity contribution in [2.45, 2.75) is 25.7 Å². The molecule has 0 radical (unpaired) electrons. The quantitative estimate of drug-likeness (QED) is 0.616. The molecule has 0 amide bonds. The van der Waals surface area contributed by atoms with Crippen molar-refractivity contribution in [1.29, 1.82) is 0 Å². The Morgan fingerprint density at radius 2 is 2.11 bits per heavy atom. The van der Waals surface area contributed by atoms with Gasteiger partial charge in [0.1, 0.15) is 11.2 Å². The highest BCUT2D eigenvalue weighted by atomic mass is 32.1. The van der Waals surface area contributed by atoms with Gasteiger partial charge in [0.25, 0.3) is 0 Å². The van der Waals surface area contributed by atoms with Gasteiger partial charge in [0.2, 0.25) is 0 Å². The first-order valence-electron chi connectivity index (χ1n) is 6.21. The monoisotopic (exact) mass is 260 g/mol. The summed E-state index contributed by atoms with van der Waals surface area (Å²) in [6.07, 6.45) is 8.32. The van der Waals surface area contributed by atoms with Crippen LogP contribution in [0.3, 0.4) is 0 Å². The van der Waals surface area contributed by atoms with Gasteiger partial charge in [0, 0.05) is 19.0 Å². The molecule has 0 bridgehead atoms. The summed E-state index contributed by atoms with van der Waals surface area (Å²) in [7, 11) is 3.93. The van der Waals surface area contributed by atoms with Gasteiger partial charge in [-0.1, -0.05) is 0 Å². The lowest BCUT2D eigenvalue weighted by Gasteiger charge is -2.10. The van der Waals surface area contributed by atoms with Crippen LogP contribution in [0.4, 0.5) is 5.82 Å². The first-order chi connectivity index (χ1) is 8.75. The summed E-state index contributed by atoms with van der Waals surface area (Å²) >= 11 is 1.81. The molecule has 0 N–H and O–H groups in total. The smallest absolute Gasteiger partial charge is 0.165 e.